The van der Waals surface area contributed by atoms with Crippen molar-refractivity contribution in [3.8, 4) is 0 Å². The van der Waals surface area contributed by atoms with E-state index in [1.165, 1.54) is 0 Å². The summed E-state index contributed by atoms with van der Waals surface area (Å²) in [4.78, 5) is 13.8. The van der Waals surface area contributed by atoms with E-state index < -0.39 is 0 Å². The van der Waals surface area contributed by atoms with E-state index >= 15 is 0 Å². The van der Waals surface area contributed by atoms with Gasteiger partial charge in [-0.25, -0.2) is 0 Å². The molecule has 1 saturated heterocycles. The zero-order valence-electron chi connectivity index (χ0n) is 13.1. The molecule has 5 nitrogen and oxygen atoms in total. The SMILES string of the molecule is CC(C)NC(CN1CC(C)(C)OC(C)(C)C1)C(N)=O. The first kappa shape index (κ1) is 16.4. The summed E-state index contributed by atoms with van der Waals surface area (Å²) < 4.78 is 6.04. The zero-order chi connectivity index (χ0) is 14.8. The van der Waals surface area contributed by atoms with Crippen molar-refractivity contribution in [3.05, 3.63) is 0 Å². The second-order valence-corrected chi connectivity index (χ2v) is 7.07. The maximum atomic E-state index is 11.5. The number of rotatable bonds is 5. The highest BCUT2D eigenvalue weighted by molar-refractivity contribution is 5.80. The highest BCUT2D eigenvalue weighted by atomic mass is 16.5. The average molecular weight is 271 g/mol. The number of carbonyl (C=O) groups is 1. The van der Waals surface area contributed by atoms with E-state index in [2.05, 4.69) is 37.9 Å². The van der Waals surface area contributed by atoms with Gasteiger partial charge in [-0.2, -0.15) is 0 Å². The fraction of sp³-hybridized carbons (Fsp3) is 0.929. The molecule has 112 valence electrons. The van der Waals surface area contributed by atoms with Gasteiger partial charge in [-0.15, -0.1) is 0 Å². The molecule has 1 unspecified atom stereocenters. The van der Waals surface area contributed by atoms with Crippen molar-refractivity contribution in [3.63, 3.8) is 0 Å². The number of carbonyl (C=O) groups excluding carboxylic acids is 1. The summed E-state index contributed by atoms with van der Waals surface area (Å²) in [5.74, 6) is -0.296. The van der Waals surface area contributed by atoms with Crippen LogP contribution in [0.5, 0.6) is 0 Å². The monoisotopic (exact) mass is 271 g/mol. The first-order valence-corrected chi connectivity index (χ1v) is 6.99. The van der Waals surface area contributed by atoms with Gasteiger partial charge in [0.2, 0.25) is 5.91 Å². The number of ether oxygens (including phenoxy) is 1. The summed E-state index contributed by atoms with van der Waals surface area (Å²) in [6.07, 6.45) is 0. The standard InChI is InChI=1S/C14H29N3O2/c1-10(2)16-11(12(15)18)7-17-8-13(3,4)19-14(5,6)9-17/h10-11,16H,7-9H2,1-6H3,(H2,15,18). The van der Waals surface area contributed by atoms with E-state index in [0.29, 0.717) is 6.54 Å². The Morgan fingerprint density at radius 3 is 2.11 bits per heavy atom. The zero-order valence-corrected chi connectivity index (χ0v) is 13.1. The van der Waals surface area contributed by atoms with Crippen LogP contribution in [0, 0.1) is 0 Å². The van der Waals surface area contributed by atoms with Crippen LogP contribution in [-0.4, -0.2) is 53.7 Å². The third-order valence-electron chi connectivity index (χ3n) is 3.08. The van der Waals surface area contributed by atoms with Gasteiger partial charge in [-0.05, 0) is 27.7 Å². The molecule has 0 saturated carbocycles. The molecule has 1 amide bonds. The van der Waals surface area contributed by atoms with E-state index in [1.807, 2.05) is 13.8 Å². The number of hydrogen-bond acceptors (Lipinski definition) is 4. The second kappa shape index (κ2) is 5.77. The molecule has 0 spiro atoms. The first-order chi connectivity index (χ1) is 8.51. The number of nitrogens with zero attached hydrogens (tertiary/aromatic N) is 1. The fourth-order valence-corrected chi connectivity index (χ4v) is 2.96. The van der Waals surface area contributed by atoms with Gasteiger partial charge in [0, 0.05) is 25.7 Å². The Hall–Kier alpha value is -0.650. The Balaban J connectivity index is 2.70. The van der Waals surface area contributed by atoms with Gasteiger partial charge < -0.3 is 15.8 Å². The van der Waals surface area contributed by atoms with Gasteiger partial charge in [-0.3, -0.25) is 9.69 Å². The molecule has 1 atom stereocenters. The van der Waals surface area contributed by atoms with E-state index in [9.17, 15) is 4.79 Å². The normalized spacial score (nSPS) is 24.4. The van der Waals surface area contributed by atoms with Crippen molar-refractivity contribution < 1.29 is 9.53 Å². The smallest absolute Gasteiger partial charge is 0.235 e. The first-order valence-electron chi connectivity index (χ1n) is 6.99. The van der Waals surface area contributed by atoms with Crippen LogP contribution >= 0.6 is 0 Å². The predicted octanol–water partition coefficient (Wildman–Crippen LogP) is 0.728. The summed E-state index contributed by atoms with van der Waals surface area (Å²) in [5, 5.41) is 3.22. The van der Waals surface area contributed by atoms with E-state index in [-0.39, 0.29) is 29.2 Å². The van der Waals surface area contributed by atoms with E-state index in [0.717, 1.165) is 13.1 Å². The van der Waals surface area contributed by atoms with Crippen LogP contribution in [0.15, 0.2) is 0 Å². The fourth-order valence-electron chi connectivity index (χ4n) is 2.96. The molecule has 1 fully saturated rings. The molecule has 1 heterocycles. The van der Waals surface area contributed by atoms with Crippen molar-refractivity contribution in [2.75, 3.05) is 19.6 Å². The molecule has 1 rings (SSSR count). The maximum Gasteiger partial charge on any atom is 0.235 e. The minimum absolute atomic E-state index is 0.207. The molecular formula is C14H29N3O2. The second-order valence-electron chi connectivity index (χ2n) is 7.07. The molecule has 0 aliphatic carbocycles. The van der Waals surface area contributed by atoms with E-state index in [4.69, 9.17) is 10.5 Å². The molecule has 1 aliphatic heterocycles. The van der Waals surface area contributed by atoms with Crippen LogP contribution in [0.1, 0.15) is 41.5 Å². The molecule has 0 aromatic heterocycles. The van der Waals surface area contributed by atoms with Gasteiger partial charge in [0.1, 0.15) is 0 Å². The summed E-state index contributed by atoms with van der Waals surface area (Å²) in [5.41, 5.74) is 5.06. The number of morpholine rings is 1. The predicted molar refractivity (Wildman–Crippen MR) is 76.9 cm³/mol. The largest absolute Gasteiger partial charge is 0.368 e. The van der Waals surface area contributed by atoms with Crippen molar-refractivity contribution in [2.24, 2.45) is 5.73 Å². The molecule has 0 aromatic carbocycles. The molecule has 0 aromatic rings. The number of nitrogens with one attached hydrogen (secondary N) is 1. The molecular weight excluding hydrogens is 242 g/mol. The lowest BCUT2D eigenvalue weighted by molar-refractivity contribution is -0.181. The average Bonchev–Trinajstić information content (AvgIpc) is 2.09. The lowest BCUT2D eigenvalue weighted by Crippen LogP contribution is -2.61. The van der Waals surface area contributed by atoms with Gasteiger partial charge in [0.25, 0.3) is 0 Å². The van der Waals surface area contributed by atoms with Crippen molar-refractivity contribution >= 4 is 5.91 Å². The summed E-state index contributed by atoms with van der Waals surface area (Å²) in [6.45, 7) is 14.6. The van der Waals surface area contributed by atoms with Crippen LogP contribution in [-0.2, 0) is 9.53 Å². The third kappa shape index (κ3) is 5.47. The van der Waals surface area contributed by atoms with Crippen molar-refractivity contribution in [1.29, 1.82) is 0 Å². The van der Waals surface area contributed by atoms with Crippen LogP contribution in [0.2, 0.25) is 0 Å². The van der Waals surface area contributed by atoms with Crippen LogP contribution in [0.4, 0.5) is 0 Å². The maximum absolute atomic E-state index is 11.5. The highest BCUT2D eigenvalue weighted by Crippen LogP contribution is 2.27. The third-order valence-corrected chi connectivity index (χ3v) is 3.08. The minimum Gasteiger partial charge on any atom is -0.368 e. The molecule has 0 radical (unpaired) electrons. The Labute approximate surface area is 116 Å². The summed E-state index contributed by atoms with van der Waals surface area (Å²) in [6, 6.07) is -0.0794. The van der Waals surface area contributed by atoms with Crippen LogP contribution < -0.4 is 11.1 Å². The number of primary amides is 1. The molecule has 1 aliphatic rings. The van der Waals surface area contributed by atoms with Gasteiger partial charge in [-0.1, -0.05) is 13.8 Å². The Morgan fingerprint density at radius 2 is 1.74 bits per heavy atom. The Kier molecular flexibility index (Phi) is 4.98. The van der Waals surface area contributed by atoms with Crippen molar-refractivity contribution in [1.82, 2.24) is 10.2 Å². The number of nitrogens with two attached hydrogens (primary N) is 1. The number of hydrogen-bond donors (Lipinski definition) is 2. The van der Waals surface area contributed by atoms with Crippen LogP contribution in [0.25, 0.3) is 0 Å². The van der Waals surface area contributed by atoms with Gasteiger partial charge >= 0.3 is 0 Å². The highest BCUT2D eigenvalue weighted by Gasteiger charge is 2.39. The minimum atomic E-state index is -0.315. The number of amides is 1. The van der Waals surface area contributed by atoms with Gasteiger partial charge in [0.05, 0.1) is 17.2 Å². The lowest BCUT2D eigenvalue weighted by atomic mass is 9.98. The van der Waals surface area contributed by atoms with Crippen molar-refractivity contribution in [2.45, 2.75) is 64.8 Å². The Morgan fingerprint density at radius 1 is 1.26 bits per heavy atom. The summed E-state index contributed by atoms with van der Waals surface area (Å²) in [7, 11) is 0. The molecule has 0 bridgehead atoms. The molecule has 5 heteroatoms. The van der Waals surface area contributed by atoms with Gasteiger partial charge in [0.15, 0.2) is 0 Å². The van der Waals surface area contributed by atoms with E-state index in [1.54, 1.807) is 0 Å². The topological polar surface area (TPSA) is 67.6 Å². The molecule has 19 heavy (non-hydrogen) atoms. The van der Waals surface area contributed by atoms with Crippen LogP contribution in [0.3, 0.4) is 0 Å². The molecule has 3 N–H and O–H groups in total. The Bertz CT molecular complexity index is 311. The summed E-state index contributed by atoms with van der Waals surface area (Å²) >= 11 is 0. The lowest BCUT2D eigenvalue weighted by Gasteiger charge is -2.47. The quantitative estimate of drug-likeness (QED) is 0.773.